The second-order valence-electron chi connectivity index (χ2n) is 4.11. The molecule has 1 aromatic rings. The Labute approximate surface area is 105 Å². The summed E-state index contributed by atoms with van der Waals surface area (Å²) in [4.78, 5) is 0. The van der Waals surface area contributed by atoms with Gasteiger partial charge in [-0.15, -0.1) is 0 Å². The summed E-state index contributed by atoms with van der Waals surface area (Å²) < 4.78 is 18.7. The molecule has 1 atom stereocenters. The van der Waals surface area contributed by atoms with E-state index in [9.17, 15) is 4.39 Å². The van der Waals surface area contributed by atoms with E-state index < -0.39 is 0 Å². The van der Waals surface area contributed by atoms with Gasteiger partial charge in [0.15, 0.2) is 0 Å². The Hall–Kier alpha value is -1.05. The van der Waals surface area contributed by atoms with Crippen molar-refractivity contribution in [1.29, 1.82) is 5.26 Å². The predicted octanol–water partition coefficient (Wildman–Crippen LogP) is 3.11. The molecule has 1 unspecified atom stereocenters. The summed E-state index contributed by atoms with van der Waals surface area (Å²) in [5.41, 5.74) is 1.25. The molecule has 0 aromatic heterocycles. The second-order valence-corrected chi connectivity index (χ2v) is 5.14. The lowest BCUT2D eigenvalue weighted by atomic mass is 10.1. The van der Waals surface area contributed by atoms with Crippen molar-refractivity contribution in [3.05, 3.63) is 35.1 Å². The van der Waals surface area contributed by atoms with Gasteiger partial charge in [-0.25, -0.2) is 4.39 Å². The highest BCUT2D eigenvalue weighted by molar-refractivity contribution is 7.98. The van der Waals surface area contributed by atoms with Crippen LogP contribution in [0.2, 0.25) is 0 Å². The van der Waals surface area contributed by atoms with Crippen LogP contribution in [0.25, 0.3) is 0 Å². The molecule has 1 fully saturated rings. The van der Waals surface area contributed by atoms with E-state index in [1.807, 2.05) is 6.07 Å². The summed E-state index contributed by atoms with van der Waals surface area (Å²) in [6, 6.07) is 6.46. The van der Waals surface area contributed by atoms with Crippen LogP contribution in [0.1, 0.15) is 24.0 Å². The van der Waals surface area contributed by atoms with E-state index in [1.54, 1.807) is 17.8 Å². The van der Waals surface area contributed by atoms with Crippen LogP contribution in [0.15, 0.2) is 18.2 Å². The maximum absolute atomic E-state index is 13.2. The summed E-state index contributed by atoms with van der Waals surface area (Å²) in [5, 5.41) is 8.74. The SMILES string of the molecule is N#Cc1cc(F)cc(CSCC2CCCO2)c1. The van der Waals surface area contributed by atoms with Crippen LogP contribution in [0.3, 0.4) is 0 Å². The van der Waals surface area contributed by atoms with E-state index in [4.69, 9.17) is 10.00 Å². The van der Waals surface area contributed by atoms with Crippen molar-refractivity contribution in [3.63, 3.8) is 0 Å². The molecular weight excluding hydrogens is 237 g/mol. The molecule has 17 heavy (non-hydrogen) atoms. The van der Waals surface area contributed by atoms with Crippen LogP contribution >= 0.6 is 11.8 Å². The molecular formula is C13H14FNOS. The zero-order valence-corrected chi connectivity index (χ0v) is 10.3. The number of rotatable bonds is 4. The fourth-order valence-corrected chi connectivity index (χ4v) is 2.93. The van der Waals surface area contributed by atoms with Crippen molar-refractivity contribution in [2.75, 3.05) is 12.4 Å². The number of ether oxygens (including phenoxy) is 1. The Bertz CT molecular complexity index is 424. The number of benzene rings is 1. The summed E-state index contributed by atoms with van der Waals surface area (Å²) in [5.74, 6) is 1.34. The lowest BCUT2D eigenvalue weighted by Gasteiger charge is -2.08. The van der Waals surface area contributed by atoms with Gasteiger partial charge in [-0.2, -0.15) is 17.0 Å². The van der Waals surface area contributed by atoms with Gasteiger partial charge >= 0.3 is 0 Å². The molecule has 0 amide bonds. The van der Waals surface area contributed by atoms with Gasteiger partial charge in [0.2, 0.25) is 0 Å². The van der Waals surface area contributed by atoms with Crippen molar-refractivity contribution in [2.45, 2.75) is 24.7 Å². The number of thioether (sulfide) groups is 1. The highest BCUT2D eigenvalue weighted by atomic mass is 32.2. The van der Waals surface area contributed by atoms with E-state index in [1.165, 1.54) is 12.1 Å². The Morgan fingerprint density at radius 2 is 2.35 bits per heavy atom. The van der Waals surface area contributed by atoms with E-state index >= 15 is 0 Å². The van der Waals surface area contributed by atoms with Crippen LogP contribution in [0.5, 0.6) is 0 Å². The molecule has 1 saturated heterocycles. The highest BCUT2D eigenvalue weighted by Gasteiger charge is 2.15. The van der Waals surface area contributed by atoms with Crippen molar-refractivity contribution >= 4 is 11.8 Å². The quantitative estimate of drug-likeness (QED) is 0.824. The number of hydrogen-bond acceptors (Lipinski definition) is 3. The van der Waals surface area contributed by atoms with Gasteiger partial charge in [0, 0.05) is 18.1 Å². The summed E-state index contributed by atoms with van der Waals surface area (Å²) in [6.07, 6.45) is 2.62. The number of nitrogens with zero attached hydrogens (tertiary/aromatic N) is 1. The Kier molecular flexibility index (Phi) is 4.41. The van der Waals surface area contributed by atoms with Crippen LogP contribution in [0, 0.1) is 17.1 Å². The largest absolute Gasteiger partial charge is 0.377 e. The number of nitriles is 1. The normalized spacial score (nSPS) is 19.2. The molecule has 2 nitrogen and oxygen atoms in total. The first-order valence-electron chi connectivity index (χ1n) is 5.67. The van der Waals surface area contributed by atoms with Gasteiger partial charge in [-0.3, -0.25) is 0 Å². The molecule has 90 valence electrons. The minimum Gasteiger partial charge on any atom is -0.377 e. The molecule has 0 saturated carbocycles. The number of halogens is 1. The third-order valence-corrected chi connectivity index (χ3v) is 3.83. The van der Waals surface area contributed by atoms with Gasteiger partial charge < -0.3 is 4.74 Å². The highest BCUT2D eigenvalue weighted by Crippen LogP contribution is 2.21. The minimum absolute atomic E-state index is 0.336. The van der Waals surface area contributed by atoms with E-state index in [-0.39, 0.29) is 5.82 Å². The summed E-state index contributed by atoms with van der Waals surface area (Å²) in [7, 11) is 0. The topological polar surface area (TPSA) is 33.0 Å². The molecule has 1 aromatic carbocycles. The van der Waals surface area contributed by atoms with Gasteiger partial charge in [0.05, 0.1) is 17.7 Å². The lowest BCUT2D eigenvalue weighted by Crippen LogP contribution is -2.07. The second kappa shape index (κ2) is 6.04. The zero-order valence-electron chi connectivity index (χ0n) is 9.49. The molecule has 0 aliphatic carbocycles. The summed E-state index contributed by atoms with van der Waals surface area (Å²) in [6.45, 7) is 0.865. The Morgan fingerprint density at radius 3 is 3.06 bits per heavy atom. The van der Waals surface area contributed by atoms with Gasteiger partial charge in [0.1, 0.15) is 5.82 Å². The first-order valence-corrected chi connectivity index (χ1v) is 6.82. The van der Waals surface area contributed by atoms with E-state index in [0.29, 0.717) is 11.7 Å². The molecule has 1 aliphatic heterocycles. The maximum atomic E-state index is 13.2. The van der Waals surface area contributed by atoms with Crippen molar-refractivity contribution in [1.82, 2.24) is 0 Å². The van der Waals surface area contributed by atoms with Crippen LogP contribution in [0.4, 0.5) is 4.39 Å². The first-order chi connectivity index (χ1) is 8.28. The average Bonchev–Trinajstić information content (AvgIpc) is 2.81. The maximum Gasteiger partial charge on any atom is 0.124 e. The monoisotopic (exact) mass is 251 g/mol. The molecule has 1 aliphatic rings. The number of hydrogen-bond donors (Lipinski definition) is 0. The van der Waals surface area contributed by atoms with E-state index in [2.05, 4.69) is 0 Å². The molecule has 0 radical (unpaired) electrons. The molecule has 0 bridgehead atoms. The standard InChI is InChI=1S/C13H14FNOS/c14-12-5-10(7-15)4-11(6-12)8-17-9-13-2-1-3-16-13/h4-6,13H,1-3,8-9H2. The molecule has 0 spiro atoms. The zero-order chi connectivity index (χ0) is 12.1. The molecule has 4 heteroatoms. The fraction of sp³-hybridized carbons (Fsp3) is 0.462. The Balaban J connectivity index is 1.85. The molecule has 1 heterocycles. The van der Waals surface area contributed by atoms with Gasteiger partial charge in [-0.05, 0) is 36.6 Å². The predicted molar refractivity (Wildman–Crippen MR) is 66.3 cm³/mol. The molecule has 0 N–H and O–H groups in total. The van der Waals surface area contributed by atoms with Crippen LogP contribution in [-0.4, -0.2) is 18.5 Å². The minimum atomic E-state index is -0.336. The smallest absolute Gasteiger partial charge is 0.124 e. The fourth-order valence-electron chi connectivity index (χ4n) is 1.88. The Morgan fingerprint density at radius 1 is 1.47 bits per heavy atom. The third-order valence-electron chi connectivity index (χ3n) is 2.68. The average molecular weight is 251 g/mol. The first kappa shape index (κ1) is 12.4. The van der Waals surface area contributed by atoms with E-state index in [0.717, 1.165) is 36.5 Å². The van der Waals surface area contributed by atoms with Gasteiger partial charge in [-0.1, -0.05) is 0 Å². The summed E-state index contributed by atoms with van der Waals surface area (Å²) >= 11 is 1.73. The third kappa shape index (κ3) is 3.72. The van der Waals surface area contributed by atoms with Crippen LogP contribution in [-0.2, 0) is 10.5 Å². The lowest BCUT2D eigenvalue weighted by molar-refractivity contribution is 0.129. The van der Waals surface area contributed by atoms with Gasteiger partial charge in [0.25, 0.3) is 0 Å². The van der Waals surface area contributed by atoms with Crippen molar-refractivity contribution < 1.29 is 9.13 Å². The van der Waals surface area contributed by atoms with Crippen molar-refractivity contribution in [2.24, 2.45) is 0 Å². The van der Waals surface area contributed by atoms with Crippen LogP contribution < -0.4 is 0 Å². The molecule has 2 rings (SSSR count). The van der Waals surface area contributed by atoms with Crippen molar-refractivity contribution in [3.8, 4) is 6.07 Å².